The average molecular weight is 320 g/mol. The zero-order chi connectivity index (χ0) is 17.1. The molecule has 23 heavy (non-hydrogen) atoms. The van der Waals surface area contributed by atoms with Crippen molar-refractivity contribution in [3.8, 4) is 11.5 Å². The van der Waals surface area contributed by atoms with Gasteiger partial charge in [-0.1, -0.05) is 11.7 Å². The summed E-state index contributed by atoms with van der Waals surface area (Å²) < 4.78 is 14.2. The molecule has 0 aromatic carbocycles. The number of methoxy groups -OCH3 is 1. The molecule has 124 valence electrons. The number of carbonyl (C=O) groups excluding carboxylic acids is 1. The van der Waals surface area contributed by atoms with Gasteiger partial charge in [0.05, 0.1) is 18.5 Å². The number of ether oxygens (including phenoxy) is 2. The fraction of sp³-hybridized carbons (Fsp3) is 0.400. The van der Waals surface area contributed by atoms with E-state index in [0.29, 0.717) is 30.6 Å². The Morgan fingerprint density at radius 3 is 2.61 bits per heavy atom. The van der Waals surface area contributed by atoms with Crippen LogP contribution in [0.3, 0.4) is 0 Å². The van der Waals surface area contributed by atoms with E-state index < -0.39 is 0 Å². The van der Waals surface area contributed by atoms with Crippen LogP contribution in [0, 0.1) is 13.8 Å². The molecule has 2 aromatic rings. The first-order valence-corrected chi connectivity index (χ1v) is 6.94. The molecule has 2 aromatic heterocycles. The molecule has 8 heteroatoms. The zero-order valence-corrected chi connectivity index (χ0v) is 13.5. The summed E-state index contributed by atoms with van der Waals surface area (Å²) in [6, 6.07) is 0. The zero-order valence-electron chi connectivity index (χ0n) is 13.5. The fourth-order valence-electron chi connectivity index (χ4n) is 1.35. The molecule has 2 heterocycles. The first-order valence-electron chi connectivity index (χ1n) is 6.94. The Hall–Kier alpha value is -2.61. The highest BCUT2D eigenvalue weighted by atomic mass is 16.5. The minimum Gasteiger partial charge on any atom is -0.462 e. The normalized spacial score (nSPS) is 9.70. The molecule has 0 amide bonds. The van der Waals surface area contributed by atoms with Crippen LogP contribution in [-0.2, 0) is 14.3 Å². The molecule has 0 saturated heterocycles. The quantitative estimate of drug-likeness (QED) is 0.452. The van der Waals surface area contributed by atoms with E-state index in [1.165, 1.54) is 0 Å². The molecule has 0 spiro atoms. The molecule has 0 bridgehead atoms. The van der Waals surface area contributed by atoms with Gasteiger partial charge in [-0.2, -0.15) is 4.98 Å². The van der Waals surface area contributed by atoms with Crippen molar-refractivity contribution in [3.05, 3.63) is 36.6 Å². The van der Waals surface area contributed by atoms with Gasteiger partial charge in [-0.3, -0.25) is 4.98 Å². The minimum atomic E-state index is -0.379. The number of carbonyl (C=O) groups is 1. The van der Waals surface area contributed by atoms with E-state index in [0.717, 1.165) is 18.2 Å². The second-order valence-electron chi connectivity index (χ2n) is 4.40. The van der Waals surface area contributed by atoms with Crippen molar-refractivity contribution in [1.29, 1.82) is 0 Å². The van der Waals surface area contributed by atoms with E-state index in [9.17, 15) is 4.79 Å². The van der Waals surface area contributed by atoms with Crippen molar-refractivity contribution in [2.45, 2.75) is 20.3 Å². The van der Waals surface area contributed by atoms with Gasteiger partial charge < -0.3 is 14.0 Å². The topological polar surface area (TPSA) is 100 Å². The lowest BCUT2D eigenvalue weighted by Gasteiger charge is -1.99. The monoisotopic (exact) mass is 320 g/mol. The van der Waals surface area contributed by atoms with Crippen molar-refractivity contribution >= 4 is 5.97 Å². The van der Waals surface area contributed by atoms with Crippen LogP contribution in [0.5, 0.6) is 0 Å². The molecule has 0 fully saturated rings. The third-order valence-corrected chi connectivity index (χ3v) is 2.44. The van der Waals surface area contributed by atoms with Crippen molar-refractivity contribution in [1.82, 2.24) is 20.1 Å². The lowest BCUT2D eigenvalue weighted by molar-refractivity contribution is -0.138. The Balaban J connectivity index is 0.000000241. The van der Waals surface area contributed by atoms with Gasteiger partial charge in [0, 0.05) is 39.3 Å². The number of esters is 1. The number of aryl methyl sites for hydroxylation is 2. The van der Waals surface area contributed by atoms with E-state index in [1.54, 1.807) is 26.4 Å². The molecular weight excluding hydrogens is 300 g/mol. The second-order valence-corrected chi connectivity index (χ2v) is 4.40. The molecule has 0 radical (unpaired) electrons. The van der Waals surface area contributed by atoms with Crippen LogP contribution in [0.25, 0.3) is 11.5 Å². The van der Waals surface area contributed by atoms with Crippen molar-refractivity contribution < 1.29 is 18.8 Å². The van der Waals surface area contributed by atoms with Crippen LogP contribution in [0.15, 0.2) is 29.6 Å². The molecule has 0 N–H and O–H groups in total. The second kappa shape index (κ2) is 10.2. The Bertz CT molecular complexity index is 610. The number of rotatable bonds is 6. The summed E-state index contributed by atoms with van der Waals surface area (Å²) in [6.07, 6.45) is 5.17. The number of hydrogen-bond donors (Lipinski definition) is 0. The van der Waals surface area contributed by atoms with Gasteiger partial charge >= 0.3 is 5.97 Å². The molecule has 0 atom stereocenters. The molecule has 0 unspecified atom stereocenters. The van der Waals surface area contributed by atoms with Crippen LogP contribution in [0.1, 0.15) is 18.0 Å². The summed E-state index contributed by atoms with van der Waals surface area (Å²) in [4.78, 5) is 22.6. The summed E-state index contributed by atoms with van der Waals surface area (Å²) >= 11 is 0. The summed E-state index contributed by atoms with van der Waals surface area (Å²) in [5, 5.41) is 3.73. The SMILES string of the molecule is C=CC(=O)OCCCOC.Cc1cnc(-c2noc(C)n2)cn1. The standard InChI is InChI=1S/C8H8N4O.C7H12O3/c1-5-3-10-7(4-9-5)8-11-6(2)13-12-8;1-3-7(8)10-6-4-5-9-2/h3-4H,1-2H3;3H,1,4-6H2,2H3. The lowest BCUT2D eigenvalue weighted by Crippen LogP contribution is -2.03. The molecule has 0 aliphatic rings. The van der Waals surface area contributed by atoms with Gasteiger partial charge in [0.15, 0.2) is 0 Å². The Morgan fingerprint density at radius 1 is 1.30 bits per heavy atom. The van der Waals surface area contributed by atoms with Crippen LogP contribution in [0.2, 0.25) is 0 Å². The van der Waals surface area contributed by atoms with Gasteiger partial charge in [0.2, 0.25) is 11.7 Å². The van der Waals surface area contributed by atoms with Crippen LogP contribution in [-0.4, -0.2) is 46.4 Å². The summed E-state index contributed by atoms with van der Waals surface area (Å²) in [7, 11) is 1.61. The van der Waals surface area contributed by atoms with Crippen LogP contribution in [0.4, 0.5) is 0 Å². The summed E-state index contributed by atoms with van der Waals surface area (Å²) in [5.41, 5.74) is 1.49. The predicted octanol–water partition coefficient (Wildman–Crippen LogP) is 1.90. The number of aromatic nitrogens is 4. The van der Waals surface area contributed by atoms with E-state index in [-0.39, 0.29) is 5.97 Å². The maximum Gasteiger partial charge on any atom is 0.330 e. The van der Waals surface area contributed by atoms with E-state index in [4.69, 9.17) is 9.26 Å². The van der Waals surface area contributed by atoms with E-state index >= 15 is 0 Å². The van der Waals surface area contributed by atoms with Crippen molar-refractivity contribution in [3.63, 3.8) is 0 Å². The lowest BCUT2D eigenvalue weighted by atomic mass is 10.4. The van der Waals surface area contributed by atoms with Crippen LogP contribution >= 0.6 is 0 Å². The molecular formula is C15H20N4O4. The Morgan fingerprint density at radius 2 is 2.09 bits per heavy atom. The Labute approximate surface area is 134 Å². The third kappa shape index (κ3) is 7.28. The van der Waals surface area contributed by atoms with Gasteiger partial charge in [-0.05, 0) is 6.92 Å². The van der Waals surface area contributed by atoms with Crippen LogP contribution < -0.4 is 0 Å². The smallest absolute Gasteiger partial charge is 0.330 e. The van der Waals surface area contributed by atoms with Gasteiger partial charge in [0.1, 0.15) is 5.69 Å². The maximum atomic E-state index is 10.4. The fourth-order valence-corrected chi connectivity index (χ4v) is 1.35. The molecule has 2 rings (SSSR count). The molecule has 8 nitrogen and oxygen atoms in total. The van der Waals surface area contributed by atoms with Gasteiger partial charge in [0.25, 0.3) is 0 Å². The Kier molecular flexibility index (Phi) is 8.16. The van der Waals surface area contributed by atoms with Gasteiger partial charge in [-0.15, -0.1) is 0 Å². The molecule has 0 saturated carbocycles. The largest absolute Gasteiger partial charge is 0.462 e. The van der Waals surface area contributed by atoms with E-state index in [2.05, 4.69) is 31.4 Å². The summed E-state index contributed by atoms with van der Waals surface area (Å²) in [6.45, 7) is 7.88. The first-order chi connectivity index (χ1) is 11.1. The third-order valence-electron chi connectivity index (χ3n) is 2.44. The predicted molar refractivity (Wildman–Crippen MR) is 82.4 cm³/mol. The molecule has 0 aliphatic carbocycles. The molecule has 0 aliphatic heterocycles. The highest BCUT2D eigenvalue weighted by molar-refractivity contribution is 5.81. The summed E-state index contributed by atoms with van der Waals surface area (Å²) in [5.74, 6) is 0.624. The number of hydrogen-bond acceptors (Lipinski definition) is 8. The maximum absolute atomic E-state index is 10.4. The van der Waals surface area contributed by atoms with E-state index in [1.807, 2.05) is 6.92 Å². The van der Waals surface area contributed by atoms with Crippen molar-refractivity contribution in [2.24, 2.45) is 0 Å². The average Bonchev–Trinajstić information content (AvgIpc) is 2.99. The van der Waals surface area contributed by atoms with Gasteiger partial charge in [-0.25, -0.2) is 9.78 Å². The minimum absolute atomic E-state index is 0.379. The first kappa shape index (κ1) is 18.4. The van der Waals surface area contributed by atoms with Crippen molar-refractivity contribution in [2.75, 3.05) is 20.3 Å². The highest BCUT2D eigenvalue weighted by Crippen LogP contribution is 2.10. The number of nitrogens with zero attached hydrogens (tertiary/aromatic N) is 4. The highest BCUT2D eigenvalue weighted by Gasteiger charge is 2.06.